The van der Waals surface area contributed by atoms with Crippen molar-refractivity contribution >= 4 is 29.1 Å². The molecule has 0 N–H and O–H groups in total. The summed E-state index contributed by atoms with van der Waals surface area (Å²) in [4.78, 5) is 0. The molecule has 0 saturated carbocycles. The van der Waals surface area contributed by atoms with Gasteiger partial charge < -0.3 is 4.57 Å². The quantitative estimate of drug-likeness (QED) is 0.304. The zero-order valence-electron chi connectivity index (χ0n) is 6.30. The van der Waals surface area contributed by atoms with Crippen molar-refractivity contribution < 1.29 is 4.57 Å². The Morgan fingerprint density at radius 2 is 2.10 bits per heavy atom. The van der Waals surface area contributed by atoms with E-state index >= 15 is 0 Å². The van der Waals surface area contributed by atoms with Crippen LogP contribution in [-0.2, 0) is 4.57 Å². The maximum Gasteiger partial charge on any atom is 0.137 e. The molecular weight excluding hydrogens is 183 g/mol. The summed E-state index contributed by atoms with van der Waals surface area (Å²) in [7, 11) is -0.155. The van der Waals surface area contributed by atoms with E-state index in [4.69, 9.17) is 0 Å². The van der Waals surface area contributed by atoms with Gasteiger partial charge in [-0.15, -0.1) is 11.7 Å². The van der Waals surface area contributed by atoms with E-state index in [1.54, 1.807) is 0 Å². The summed E-state index contributed by atoms with van der Waals surface area (Å²) in [6, 6.07) is 0. The molecule has 0 aromatic rings. The van der Waals surface area contributed by atoms with E-state index in [0.717, 1.165) is 12.6 Å². The minimum Gasteiger partial charge on any atom is -0.315 e. The average molecular weight is 198 g/mol. The zero-order chi connectivity index (χ0) is 7.82. The Labute approximate surface area is 72.7 Å². The molecule has 0 aromatic carbocycles. The maximum absolute atomic E-state index is 10.8. The fourth-order valence-electron chi connectivity index (χ4n) is 0.742. The van der Waals surface area contributed by atoms with Crippen LogP contribution < -0.4 is 0 Å². The lowest BCUT2D eigenvalue weighted by Crippen LogP contribution is -1.77. The van der Waals surface area contributed by atoms with Gasteiger partial charge in [0.15, 0.2) is 0 Å². The molecule has 10 heavy (non-hydrogen) atoms. The summed E-state index contributed by atoms with van der Waals surface area (Å²) in [5, 5.41) is 0. The first-order valence-corrected chi connectivity index (χ1v) is 7.86. The van der Waals surface area contributed by atoms with Crippen molar-refractivity contribution in [1.82, 2.24) is 0 Å². The van der Waals surface area contributed by atoms with Crippen LogP contribution >= 0.6 is 29.1 Å². The molecule has 0 aliphatic carbocycles. The van der Waals surface area contributed by atoms with Crippen LogP contribution in [0.4, 0.5) is 0 Å². The van der Waals surface area contributed by atoms with Crippen molar-refractivity contribution in [2.24, 2.45) is 0 Å². The Balaban J connectivity index is 2.96. The molecular formula is C6H15OPS2. The lowest BCUT2D eigenvalue weighted by atomic mass is 10.2. The second-order valence-electron chi connectivity index (χ2n) is 2.27. The van der Waals surface area contributed by atoms with Gasteiger partial charge >= 0.3 is 0 Å². The summed E-state index contributed by atoms with van der Waals surface area (Å²) < 4.78 is 10.8. The first kappa shape index (κ1) is 10.9. The van der Waals surface area contributed by atoms with Gasteiger partial charge in [0.2, 0.25) is 0 Å². The molecule has 0 rings (SSSR count). The number of unbranched alkanes of at least 4 members (excludes halogenated alkanes) is 3. The molecule has 1 nitrogen and oxygen atoms in total. The summed E-state index contributed by atoms with van der Waals surface area (Å²) in [6.45, 7) is 2.18. The summed E-state index contributed by atoms with van der Waals surface area (Å²) in [6.07, 6.45) is 5.72. The van der Waals surface area contributed by atoms with Crippen LogP contribution in [0.15, 0.2) is 0 Å². The van der Waals surface area contributed by atoms with Gasteiger partial charge in [-0.2, -0.15) is 0 Å². The van der Waals surface area contributed by atoms with Crippen LogP contribution in [0.5, 0.6) is 0 Å². The van der Waals surface area contributed by atoms with Crippen molar-refractivity contribution in [3.8, 4) is 0 Å². The molecule has 0 aliphatic rings. The van der Waals surface area contributed by atoms with Crippen LogP contribution in [0.3, 0.4) is 0 Å². The third-order valence-corrected chi connectivity index (χ3v) is 5.36. The van der Waals surface area contributed by atoms with Crippen LogP contribution in [-0.4, -0.2) is 6.16 Å². The topological polar surface area (TPSA) is 17.1 Å². The van der Waals surface area contributed by atoms with Crippen LogP contribution in [0.1, 0.15) is 32.6 Å². The Bertz CT molecular complexity index is 97.7. The standard InChI is InChI=1S/C6H15OPS2/c1-2-3-4-5-6-8(7)10-9/h8-9H,2-6H2,1H3. The number of hydrogen-bond donors (Lipinski definition) is 1. The molecule has 1 atom stereocenters. The Morgan fingerprint density at radius 3 is 2.60 bits per heavy atom. The van der Waals surface area contributed by atoms with E-state index in [1.807, 2.05) is 0 Å². The second kappa shape index (κ2) is 8.03. The third kappa shape index (κ3) is 7.04. The minimum atomic E-state index is -1.38. The van der Waals surface area contributed by atoms with E-state index in [-0.39, 0.29) is 0 Å². The molecule has 0 aromatic heterocycles. The lowest BCUT2D eigenvalue weighted by Gasteiger charge is -1.96. The predicted molar refractivity (Wildman–Crippen MR) is 54.6 cm³/mol. The summed E-state index contributed by atoms with van der Waals surface area (Å²) in [5.41, 5.74) is 0. The largest absolute Gasteiger partial charge is 0.315 e. The molecule has 0 spiro atoms. The molecule has 0 fully saturated rings. The van der Waals surface area contributed by atoms with Crippen LogP contribution in [0, 0.1) is 0 Å². The molecule has 0 radical (unpaired) electrons. The van der Waals surface area contributed by atoms with Crippen LogP contribution in [0.2, 0.25) is 0 Å². The molecule has 0 aliphatic heterocycles. The Morgan fingerprint density at radius 1 is 1.40 bits per heavy atom. The molecule has 1 unspecified atom stereocenters. The molecule has 62 valence electrons. The molecule has 0 saturated heterocycles. The fourth-order valence-corrected chi connectivity index (χ4v) is 2.90. The van der Waals surface area contributed by atoms with E-state index in [0.29, 0.717) is 0 Å². The highest BCUT2D eigenvalue weighted by Crippen LogP contribution is 2.41. The summed E-state index contributed by atoms with van der Waals surface area (Å²) in [5.74, 6) is 0. The van der Waals surface area contributed by atoms with E-state index < -0.39 is 7.00 Å². The van der Waals surface area contributed by atoms with Gasteiger partial charge in [-0.25, -0.2) is 0 Å². The van der Waals surface area contributed by atoms with Gasteiger partial charge in [0, 0.05) is 6.16 Å². The lowest BCUT2D eigenvalue weighted by molar-refractivity contribution is 0.592. The number of rotatable bonds is 6. The molecule has 0 amide bonds. The van der Waals surface area contributed by atoms with Gasteiger partial charge in [0.05, 0.1) is 0 Å². The van der Waals surface area contributed by atoms with Gasteiger partial charge in [0.25, 0.3) is 0 Å². The van der Waals surface area contributed by atoms with E-state index in [2.05, 4.69) is 18.6 Å². The van der Waals surface area contributed by atoms with Crippen molar-refractivity contribution in [2.75, 3.05) is 6.16 Å². The number of thiol groups is 1. The van der Waals surface area contributed by atoms with Crippen molar-refractivity contribution in [3.05, 3.63) is 0 Å². The first-order valence-electron chi connectivity index (χ1n) is 3.65. The normalized spacial score (nSPS) is 13.4. The Kier molecular flexibility index (Phi) is 8.78. The van der Waals surface area contributed by atoms with Crippen molar-refractivity contribution in [2.45, 2.75) is 32.6 Å². The maximum atomic E-state index is 10.8. The third-order valence-electron chi connectivity index (χ3n) is 1.34. The molecule has 0 bridgehead atoms. The highest BCUT2D eigenvalue weighted by molar-refractivity contribution is 8.91. The second-order valence-corrected chi connectivity index (χ2v) is 7.26. The number of hydrogen-bond acceptors (Lipinski definition) is 3. The highest BCUT2D eigenvalue weighted by atomic mass is 33.3. The Hall–Kier alpha value is 0.930. The van der Waals surface area contributed by atoms with Crippen molar-refractivity contribution in [1.29, 1.82) is 0 Å². The smallest absolute Gasteiger partial charge is 0.137 e. The minimum absolute atomic E-state index is 0.874. The van der Waals surface area contributed by atoms with Crippen molar-refractivity contribution in [3.63, 3.8) is 0 Å². The van der Waals surface area contributed by atoms with Gasteiger partial charge in [-0.3, -0.25) is 0 Å². The fraction of sp³-hybridized carbons (Fsp3) is 1.00. The van der Waals surface area contributed by atoms with Gasteiger partial charge in [-0.1, -0.05) is 26.2 Å². The van der Waals surface area contributed by atoms with Gasteiger partial charge in [0.1, 0.15) is 7.00 Å². The molecule has 4 heteroatoms. The first-order chi connectivity index (χ1) is 4.81. The van der Waals surface area contributed by atoms with Crippen LogP contribution in [0.25, 0.3) is 0 Å². The average Bonchev–Trinajstić information content (AvgIpc) is 1.98. The zero-order valence-corrected chi connectivity index (χ0v) is 9.01. The highest BCUT2D eigenvalue weighted by Gasteiger charge is 1.95. The molecule has 0 heterocycles. The predicted octanol–water partition coefficient (Wildman–Crippen LogP) is 3.62. The van der Waals surface area contributed by atoms with E-state index in [9.17, 15) is 4.57 Å². The SMILES string of the molecule is CCCCCC[PH](=O)SS. The van der Waals surface area contributed by atoms with Gasteiger partial charge in [-0.05, 0) is 16.8 Å². The van der Waals surface area contributed by atoms with E-state index in [1.165, 1.54) is 29.7 Å². The summed E-state index contributed by atoms with van der Waals surface area (Å²) >= 11 is 3.89. The monoisotopic (exact) mass is 198 g/mol.